The Kier molecular flexibility index (Phi) is 5.51. The third-order valence-electron chi connectivity index (χ3n) is 4.06. The Balaban J connectivity index is 1.97. The summed E-state index contributed by atoms with van der Waals surface area (Å²) < 4.78 is 5.82. The molecule has 3 aromatic rings. The van der Waals surface area contributed by atoms with Crippen LogP contribution in [-0.2, 0) is 6.42 Å². The summed E-state index contributed by atoms with van der Waals surface area (Å²) >= 11 is 0. The average Bonchev–Trinajstić information content (AvgIpc) is 3.05. The molecule has 0 N–H and O–H groups in total. The number of carbonyl (C=O) groups excluding carboxylic acids is 1. The van der Waals surface area contributed by atoms with E-state index in [0.717, 1.165) is 17.6 Å². The first-order valence-electron chi connectivity index (χ1n) is 8.56. The molecule has 0 aliphatic heterocycles. The number of furan rings is 1. The molecule has 128 valence electrons. The van der Waals surface area contributed by atoms with Gasteiger partial charge in [-0.25, -0.2) is 0 Å². The predicted molar refractivity (Wildman–Crippen MR) is 105 cm³/mol. The second kappa shape index (κ2) is 8.18. The van der Waals surface area contributed by atoms with Crippen LogP contribution in [0.25, 0.3) is 5.57 Å². The van der Waals surface area contributed by atoms with Crippen molar-refractivity contribution in [2.45, 2.75) is 20.3 Å². The van der Waals surface area contributed by atoms with Gasteiger partial charge in [0.2, 0.25) is 0 Å². The van der Waals surface area contributed by atoms with E-state index in [2.05, 4.69) is 24.0 Å². The van der Waals surface area contributed by atoms with Gasteiger partial charge in [0.1, 0.15) is 11.5 Å². The molecule has 0 unspecified atom stereocenters. The van der Waals surface area contributed by atoms with Crippen LogP contribution in [0.2, 0.25) is 0 Å². The zero-order chi connectivity index (χ0) is 18.4. The smallest absolute Gasteiger partial charge is 0.163 e. The van der Waals surface area contributed by atoms with Gasteiger partial charge in [-0.2, -0.15) is 0 Å². The van der Waals surface area contributed by atoms with Crippen molar-refractivity contribution < 1.29 is 9.21 Å². The molecule has 0 atom stereocenters. The first-order chi connectivity index (χ1) is 12.6. The van der Waals surface area contributed by atoms with Crippen LogP contribution < -0.4 is 0 Å². The molecule has 26 heavy (non-hydrogen) atoms. The fourth-order valence-corrected chi connectivity index (χ4v) is 2.67. The highest BCUT2D eigenvalue weighted by Crippen LogP contribution is 2.23. The molecule has 0 bridgehead atoms. The van der Waals surface area contributed by atoms with E-state index in [9.17, 15) is 4.79 Å². The van der Waals surface area contributed by atoms with Gasteiger partial charge in [-0.1, -0.05) is 66.4 Å². The Labute approximate surface area is 154 Å². The minimum atomic E-state index is -0.00377. The van der Waals surface area contributed by atoms with E-state index in [1.54, 1.807) is 19.9 Å². The highest BCUT2D eigenvalue weighted by Gasteiger charge is 2.13. The quantitative estimate of drug-likeness (QED) is 0.466. The first-order valence-corrected chi connectivity index (χ1v) is 8.56. The molecular formula is C24H20O2. The molecule has 1 aromatic heterocycles. The topological polar surface area (TPSA) is 30.2 Å². The van der Waals surface area contributed by atoms with Crippen LogP contribution in [0.1, 0.15) is 39.9 Å². The van der Waals surface area contributed by atoms with Gasteiger partial charge < -0.3 is 4.42 Å². The van der Waals surface area contributed by atoms with Crippen molar-refractivity contribution in [3.05, 3.63) is 101 Å². The zero-order valence-electron chi connectivity index (χ0n) is 15.0. The van der Waals surface area contributed by atoms with E-state index >= 15 is 0 Å². The monoisotopic (exact) mass is 340 g/mol. The molecule has 0 aliphatic rings. The maximum atomic E-state index is 11.7. The summed E-state index contributed by atoms with van der Waals surface area (Å²) in [6.07, 6.45) is 2.79. The number of Topliss-reactive ketones (excluding diaryl/α,β-unsaturated/α-hetero) is 1. The van der Waals surface area contributed by atoms with Gasteiger partial charge >= 0.3 is 0 Å². The SMILES string of the molecule is CC(=O)c1cc(/C(C#Cc2ccccc2)=C/Cc2ccccc2)oc1C. The number of benzene rings is 2. The molecule has 2 heteroatoms. The fourth-order valence-electron chi connectivity index (χ4n) is 2.67. The van der Waals surface area contributed by atoms with Crippen LogP contribution in [0.3, 0.4) is 0 Å². The summed E-state index contributed by atoms with van der Waals surface area (Å²) in [6, 6.07) is 21.8. The maximum absolute atomic E-state index is 11.7. The second-order valence-electron chi connectivity index (χ2n) is 6.06. The van der Waals surface area contributed by atoms with Crippen LogP contribution in [0, 0.1) is 18.8 Å². The van der Waals surface area contributed by atoms with Gasteiger partial charge in [-0.05, 0) is 44.0 Å². The molecule has 0 fully saturated rings. The number of allylic oxidation sites excluding steroid dienone is 2. The van der Waals surface area contributed by atoms with Crippen molar-refractivity contribution in [1.82, 2.24) is 0 Å². The molecule has 2 nitrogen and oxygen atoms in total. The molecule has 0 radical (unpaired) electrons. The van der Waals surface area contributed by atoms with Crippen molar-refractivity contribution in [1.29, 1.82) is 0 Å². The van der Waals surface area contributed by atoms with Gasteiger partial charge in [0, 0.05) is 5.56 Å². The molecule has 1 heterocycles. The van der Waals surface area contributed by atoms with E-state index in [1.165, 1.54) is 5.56 Å². The summed E-state index contributed by atoms with van der Waals surface area (Å²) in [5.74, 6) is 7.63. The van der Waals surface area contributed by atoms with E-state index in [4.69, 9.17) is 4.42 Å². The third-order valence-corrected chi connectivity index (χ3v) is 4.06. The molecule has 3 rings (SSSR count). The Morgan fingerprint density at radius 3 is 2.31 bits per heavy atom. The summed E-state index contributed by atoms with van der Waals surface area (Å²) in [6.45, 7) is 3.35. The number of hydrogen-bond acceptors (Lipinski definition) is 2. The maximum Gasteiger partial charge on any atom is 0.163 e. The molecular weight excluding hydrogens is 320 g/mol. The molecule has 0 aliphatic carbocycles. The van der Waals surface area contributed by atoms with Crippen molar-refractivity contribution in [3.8, 4) is 11.8 Å². The second-order valence-corrected chi connectivity index (χ2v) is 6.06. The van der Waals surface area contributed by atoms with E-state index in [1.807, 2.05) is 54.6 Å². The Morgan fingerprint density at radius 1 is 1.04 bits per heavy atom. The lowest BCUT2D eigenvalue weighted by molar-refractivity contribution is 0.101. The number of aryl methyl sites for hydroxylation is 1. The Hall–Kier alpha value is -3.31. The van der Waals surface area contributed by atoms with Crippen LogP contribution >= 0.6 is 0 Å². The van der Waals surface area contributed by atoms with Gasteiger partial charge in [0.25, 0.3) is 0 Å². The molecule has 0 saturated carbocycles. The van der Waals surface area contributed by atoms with Gasteiger partial charge in [0.15, 0.2) is 5.78 Å². The summed E-state index contributed by atoms with van der Waals surface area (Å²) in [4.78, 5) is 11.7. The van der Waals surface area contributed by atoms with Gasteiger partial charge in [0.05, 0.1) is 11.1 Å². The van der Waals surface area contributed by atoms with E-state index < -0.39 is 0 Å². The molecule has 0 spiro atoms. The van der Waals surface area contributed by atoms with E-state index in [-0.39, 0.29) is 5.78 Å². The lowest BCUT2D eigenvalue weighted by atomic mass is 10.1. The average molecular weight is 340 g/mol. The number of hydrogen-bond donors (Lipinski definition) is 0. The minimum Gasteiger partial charge on any atom is -0.460 e. The number of rotatable bonds is 4. The highest BCUT2D eigenvalue weighted by atomic mass is 16.3. The van der Waals surface area contributed by atoms with E-state index in [0.29, 0.717) is 17.1 Å². The first kappa shape index (κ1) is 17.5. The summed E-state index contributed by atoms with van der Waals surface area (Å²) in [7, 11) is 0. The van der Waals surface area contributed by atoms with Crippen molar-refractivity contribution in [2.75, 3.05) is 0 Å². The molecule has 0 saturated heterocycles. The van der Waals surface area contributed by atoms with Crippen molar-refractivity contribution >= 4 is 11.4 Å². The highest BCUT2D eigenvalue weighted by molar-refractivity contribution is 5.96. The Morgan fingerprint density at radius 2 is 1.69 bits per heavy atom. The normalized spacial score (nSPS) is 10.9. The largest absolute Gasteiger partial charge is 0.460 e. The molecule has 2 aromatic carbocycles. The van der Waals surface area contributed by atoms with Gasteiger partial charge in [-0.3, -0.25) is 4.79 Å². The van der Waals surface area contributed by atoms with Crippen molar-refractivity contribution in [3.63, 3.8) is 0 Å². The zero-order valence-corrected chi connectivity index (χ0v) is 15.0. The molecule has 0 amide bonds. The number of ketones is 1. The summed E-state index contributed by atoms with van der Waals surface area (Å²) in [5.41, 5.74) is 3.52. The van der Waals surface area contributed by atoms with Crippen LogP contribution in [0.4, 0.5) is 0 Å². The summed E-state index contributed by atoms with van der Waals surface area (Å²) in [5, 5.41) is 0. The van der Waals surface area contributed by atoms with Crippen molar-refractivity contribution in [2.24, 2.45) is 0 Å². The minimum absolute atomic E-state index is 0.00377. The van der Waals surface area contributed by atoms with Gasteiger partial charge in [-0.15, -0.1) is 0 Å². The lowest BCUT2D eigenvalue weighted by Gasteiger charge is -1.98. The van der Waals surface area contributed by atoms with Crippen LogP contribution in [-0.4, -0.2) is 5.78 Å². The third kappa shape index (κ3) is 4.40. The van der Waals surface area contributed by atoms with Crippen LogP contribution in [0.5, 0.6) is 0 Å². The Bertz CT molecular complexity index is 981. The fraction of sp³-hybridized carbons (Fsp3) is 0.125. The number of carbonyl (C=O) groups is 1. The lowest BCUT2D eigenvalue weighted by Crippen LogP contribution is -1.90. The standard InChI is InChI=1S/C24H20O2/c1-18(25)23-17-24(26-19(23)2)22(15-13-20-9-5-3-6-10-20)16-14-21-11-7-4-8-12-21/h3-12,15,17H,13H2,1-2H3/b22-15+. The van der Waals surface area contributed by atoms with Crippen LogP contribution in [0.15, 0.2) is 77.2 Å². The predicted octanol–water partition coefficient (Wildman–Crippen LogP) is 5.47.